The first-order chi connectivity index (χ1) is 10.0. The second-order valence-electron chi connectivity index (χ2n) is 4.22. The molecule has 0 atom stereocenters. The van der Waals surface area contributed by atoms with Gasteiger partial charge in [-0.05, 0) is 18.2 Å². The number of hydrogen-bond acceptors (Lipinski definition) is 4. The molecule has 2 heterocycles. The molecule has 1 aromatic carbocycles. The molecular formula is C12H8ClN5O2S. The number of anilines is 1. The summed E-state index contributed by atoms with van der Waals surface area (Å²) < 4.78 is 27.2. The molecule has 21 heavy (non-hydrogen) atoms. The zero-order chi connectivity index (χ0) is 15.0. The topological polar surface area (TPSA) is 114 Å². The summed E-state index contributed by atoms with van der Waals surface area (Å²) >= 11 is 5.86. The Bertz CT molecular complexity index is 967. The van der Waals surface area contributed by atoms with E-state index < -0.39 is 10.0 Å². The van der Waals surface area contributed by atoms with Crippen LogP contribution in [0.2, 0.25) is 5.02 Å². The summed E-state index contributed by atoms with van der Waals surface area (Å²) in [5, 5.41) is 15.9. The second kappa shape index (κ2) is 4.80. The van der Waals surface area contributed by atoms with E-state index in [4.69, 9.17) is 16.9 Å². The number of aromatic amines is 2. The van der Waals surface area contributed by atoms with Crippen LogP contribution in [0.3, 0.4) is 0 Å². The predicted octanol–water partition coefficient (Wildman–Crippen LogP) is 2.22. The lowest BCUT2D eigenvalue weighted by molar-refractivity contribution is 0.602. The zero-order valence-corrected chi connectivity index (χ0v) is 12.0. The average Bonchev–Trinajstić information content (AvgIpc) is 3.04. The molecule has 7 nitrogen and oxygen atoms in total. The third kappa shape index (κ3) is 2.33. The molecule has 2 aromatic heterocycles. The van der Waals surface area contributed by atoms with Crippen LogP contribution in [0.15, 0.2) is 35.5 Å². The molecule has 0 saturated carbocycles. The first-order valence-electron chi connectivity index (χ1n) is 5.74. The highest BCUT2D eigenvalue weighted by atomic mass is 35.5. The highest BCUT2D eigenvalue weighted by Crippen LogP contribution is 2.27. The number of aromatic nitrogens is 3. The van der Waals surface area contributed by atoms with Crippen molar-refractivity contribution in [1.82, 2.24) is 15.2 Å². The second-order valence-corrected chi connectivity index (χ2v) is 6.31. The Hall–Kier alpha value is -2.50. The van der Waals surface area contributed by atoms with E-state index in [9.17, 15) is 8.42 Å². The van der Waals surface area contributed by atoms with Gasteiger partial charge in [-0.25, -0.2) is 8.42 Å². The van der Waals surface area contributed by atoms with Crippen molar-refractivity contribution in [3.8, 4) is 6.07 Å². The van der Waals surface area contributed by atoms with Crippen molar-refractivity contribution in [1.29, 1.82) is 5.26 Å². The van der Waals surface area contributed by atoms with Gasteiger partial charge in [0, 0.05) is 22.1 Å². The molecule has 0 bridgehead atoms. The Morgan fingerprint density at radius 2 is 2.19 bits per heavy atom. The number of benzene rings is 1. The van der Waals surface area contributed by atoms with E-state index in [-0.39, 0.29) is 16.3 Å². The first-order valence-corrected chi connectivity index (χ1v) is 7.60. The number of nitrogens with one attached hydrogen (secondary N) is 3. The summed E-state index contributed by atoms with van der Waals surface area (Å²) in [7, 11) is -3.85. The highest BCUT2D eigenvalue weighted by molar-refractivity contribution is 7.93. The van der Waals surface area contributed by atoms with Crippen LogP contribution in [0.25, 0.3) is 10.9 Å². The molecule has 0 spiro atoms. The van der Waals surface area contributed by atoms with E-state index in [1.807, 2.05) is 6.07 Å². The monoisotopic (exact) mass is 321 g/mol. The van der Waals surface area contributed by atoms with Crippen molar-refractivity contribution in [2.45, 2.75) is 4.90 Å². The number of hydrogen-bond donors (Lipinski definition) is 3. The Labute approximate surface area is 124 Å². The molecule has 3 aromatic rings. The molecule has 0 fully saturated rings. The smallest absolute Gasteiger partial charge is 0.264 e. The van der Waals surface area contributed by atoms with Crippen molar-refractivity contribution >= 4 is 38.2 Å². The number of rotatable bonds is 3. The average molecular weight is 322 g/mol. The van der Waals surface area contributed by atoms with Crippen LogP contribution in [0.4, 0.5) is 5.69 Å². The largest absolute Gasteiger partial charge is 0.360 e. The maximum Gasteiger partial charge on any atom is 0.264 e. The number of halogens is 1. The van der Waals surface area contributed by atoms with Crippen molar-refractivity contribution in [2.75, 3.05) is 4.72 Å². The molecule has 0 aliphatic carbocycles. The van der Waals surface area contributed by atoms with Gasteiger partial charge < -0.3 is 4.98 Å². The van der Waals surface area contributed by atoms with Gasteiger partial charge in [0.1, 0.15) is 16.7 Å². The number of H-pyrrole nitrogens is 2. The number of fused-ring (bicyclic) bond motifs is 1. The molecular weight excluding hydrogens is 314 g/mol. The van der Waals surface area contributed by atoms with Gasteiger partial charge in [0.15, 0.2) is 5.69 Å². The molecule has 0 saturated heterocycles. The van der Waals surface area contributed by atoms with Crippen molar-refractivity contribution in [3.05, 3.63) is 41.3 Å². The Kier molecular flexibility index (Phi) is 3.08. The van der Waals surface area contributed by atoms with Crippen LogP contribution in [-0.4, -0.2) is 23.6 Å². The standard InChI is InChI=1S/C12H8ClN5O2S/c13-7-1-2-8-9(3-7)15-6-12(8)21(19,20)18-11-5-16-17-10(11)4-14/h1-3,5-6,15,18H,(H,16,17). The molecule has 0 aliphatic rings. The fourth-order valence-corrected chi connectivity index (χ4v) is 3.35. The first kappa shape index (κ1) is 13.5. The third-order valence-corrected chi connectivity index (χ3v) is 4.53. The predicted molar refractivity (Wildman–Crippen MR) is 77.4 cm³/mol. The minimum absolute atomic E-state index is 0.0430. The number of sulfonamides is 1. The molecule has 0 aliphatic heterocycles. The fourth-order valence-electron chi connectivity index (χ4n) is 1.94. The molecule has 0 amide bonds. The summed E-state index contributed by atoms with van der Waals surface area (Å²) in [6.07, 6.45) is 2.61. The molecule has 106 valence electrons. The third-order valence-electron chi connectivity index (χ3n) is 2.89. The Balaban J connectivity index is 2.07. The van der Waals surface area contributed by atoms with E-state index in [1.54, 1.807) is 18.2 Å². The quantitative estimate of drug-likeness (QED) is 0.686. The summed E-state index contributed by atoms with van der Waals surface area (Å²) in [4.78, 5) is 2.92. The fraction of sp³-hybridized carbons (Fsp3) is 0. The van der Waals surface area contributed by atoms with Gasteiger partial charge in [-0.1, -0.05) is 11.6 Å². The van der Waals surface area contributed by atoms with E-state index >= 15 is 0 Å². The highest BCUT2D eigenvalue weighted by Gasteiger charge is 2.21. The lowest BCUT2D eigenvalue weighted by Crippen LogP contribution is -2.12. The lowest BCUT2D eigenvalue weighted by Gasteiger charge is -2.05. The molecule has 3 N–H and O–H groups in total. The minimum Gasteiger partial charge on any atom is -0.360 e. The SMILES string of the molecule is N#Cc1[nH]ncc1NS(=O)(=O)c1c[nH]c2cc(Cl)ccc12. The van der Waals surface area contributed by atoms with E-state index in [2.05, 4.69) is 19.9 Å². The Morgan fingerprint density at radius 3 is 2.95 bits per heavy atom. The maximum atomic E-state index is 12.4. The van der Waals surface area contributed by atoms with Crippen LogP contribution in [0.5, 0.6) is 0 Å². The molecule has 0 radical (unpaired) electrons. The van der Waals surface area contributed by atoms with Gasteiger partial charge in [0.25, 0.3) is 10.0 Å². The van der Waals surface area contributed by atoms with E-state index in [0.29, 0.717) is 15.9 Å². The van der Waals surface area contributed by atoms with Gasteiger partial charge in [-0.2, -0.15) is 10.4 Å². The summed E-state index contributed by atoms with van der Waals surface area (Å²) in [6, 6.07) is 6.67. The summed E-state index contributed by atoms with van der Waals surface area (Å²) in [5.74, 6) is 0. The van der Waals surface area contributed by atoms with Crippen molar-refractivity contribution < 1.29 is 8.42 Å². The van der Waals surface area contributed by atoms with Crippen LogP contribution in [0, 0.1) is 11.3 Å². The van der Waals surface area contributed by atoms with E-state index in [1.165, 1.54) is 12.4 Å². The van der Waals surface area contributed by atoms with Crippen molar-refractivity contribution in [3.63, 3.8) is 0 Å². The molecule has 0 unspecified atom stereocenters. The summed E-state index contributed by atoms with van der Waals surface area (Å²) in [5.41, 5.74) is 0.748. The van der Waals surface area contributed by atoms with Gasteiger partial charge in [0.2, 0.25) is 0 Å². The van der Waals surface area contributed by atoms with Crippen LogP contribution in [-0.2, 0) is 10.0 Å². The van der Waals surface area contributed by atoms with Gasteiger partial charge in [-0.3, -0.25) is 9.82 Å². The van der Waals surface area contributed by atoms with E-state index in [0.717, 1.165) is 0 Å². The molecule has 9 heteroatoms. The minimum atomic E-state index is -3.85. The van der Waals surface area contributed by atoms with Crippen LogP contribution < -0.4 is 4.72 Å². The number of nitriles is 1. The normalized spacial score (nSPS) is 11.4. The van der Waals surface area contributed by atoms with Gasteiger partial charge >= 0.3 is 0 Å². The maximum absolute atomic E-state index is 12.4. The number of nitrogens with zero attached hydrogens (tertiary/aromatic N) is 2. The lowest BCUT2D eigenvalue weighted by atomic mass is 10.2. The van der Waals surface area contributed by atoms with Gasteiger partial charge in [0.05, 0.1) is 6.20 Å². The van der Waals surface area contributed by atoms with Crippen LogP contribution in [0.1, 0.15) is 5.69 Å². The van der Waals surface area contributed by atoms with Crippen LogP contribution >= 0.6 is 11.6 Å². The van der Waals surface area contributed by atoms with Gasteiger partial charge in [-0.15, -0.1) is 0 Å². The zero-order valence-electron chi connectivity index (χ0n) is 10.4. The molecule has 3 rings (SSSR count). The Morgan fingerprint density at radius 1 is 1.38 bits per heavy atom. The summed E-state index contributed by atoms with van der Waals surface area (Å²) in [6.45, 7) is 0. The van der Waals surface area contributed by atoms with Crippen molar-refractivity contribution in [2.24, 2.45) is 0 Å².